The third kappa shape index (κ3) is 4.48. The molecule has 1 atom stereocenters. The van der Waals surface area contributed by atoms with Gasteiger partial charge in [0.15, 0.2) is 0 Å². The molecule has 0 unspecified atom stereocenters. The van der Waals surface area contributed by atoms with Gasteiger partial charge in [-0.05, 0) is 49.9 Å². The molecular weight excluding hydrogens is 338 g/mol. The Morgan fingerprint density at radius 3 is 3.00 bits per heavy atom. The summed E-state index contributed by atoms with van der Waals surface area (Å²) in [5, 5.41) is 0. The van der Waals surface area contributed by atoms with Gasteiger partial charge in [0.1, 0.15) is 0 Å². The molecule has 5 nitrogen and oxygen atoms in total. The fraction of sp³-hybridized carbons (Fsp3) is 0.455. The van der Waals surface area contributed by atoms with Crippen molar-refractivity contribution in [2.75, 3.05) is 13.2 Å². The lowest BCUT2D eigenvalue weighted by Gasteiger charge is -2.35. The van der Waals surface area contributed by atoms with Crippen LogP contribution in [-0.4, -0.2) is 33.5 Å². The summed E-state index contributed by atoms with van der Waals surface area (Å²) in [7, 11) is 0. The van der Waals surface area contributed by atoms with Gasteiger partial charge in [-0.1, -0.05) is 17.7 Å². The highest BCUT2D eigenvalue weighted by molar-refractivity contribution is 5.79. The maximum Gasteiger partial charge on any atom is 0.227 e. The molecule has 1 aliphatic heterocycles. The number of carbonyl (C=O) groups is 1. The van der Waals surface area contributed by atoms with E-state index in [4.69, 9.17) is 4.74 Å². The van der Waals surface area contributed by atoms with Crippen molar-refractivity contribution in [1.29, 1.82) is 0 Å². The van der Waals surface area contributed by atoms with Gasteiger partial charge in [-0.15, -0.1) is 0 Å². The van der Waals surface area contributed by atoms with Gasteiger partial charge in [0.05, 0.1) is 31.5 Å². The molecule has 1 amide bonds. The molecular formula is C22H27N3O2. The monoisotopic (exact) mass is 365 g/mol. The Morgan fingerprint density at radius 2 is 2.19 bits per heavy atom. The third-order valence-electron chi connectivity index (χ3n) is 5.45. The Hall–Kier alpha value is -2.40. The minimum Gasteiger partial charge on any atom is -0.373 e. The van der Waals surface area contributed by atoms with Gasteiger partial charge < -0.3 is 14.2 Å². The number of pyridine rings is 1. The third-order valence-corrected chi connectivity index (χ3v) is 5.45. The number of hydrogen-bond acceptors (Lipinski definition) is 3. The van der Waals surface area contributed by atoms with Gasteiger partial charge in [-0.25, -0.2) is 0 Å². The molecule has 0 fully saturated rings. The zero-order valence-electron chi connectivity index (χ0n) is 15.7. The second-order valence-electron chi connectivity index (χ2n) is 7.46. The molecule has 2 aromatic rings. The van der Waals surface area contributed by atoms with Crippen molar-refractivity contribution in [2.45, 2.75) is 51.3 Å². The van der Waals surface area contributed by atoms with Crippen molar-refractivity contribution >= 4 is 5.91 Å². The second-order valence-corrected chi connectivity index (χ2v) is 7.46. The molecule has 142 valence electrons. The SMILES string of the molecule is O=C(CC1=CCCCC1)N1Cc2cccn2[C@@H](COCc2ccccn2)C1. The van der Waals surface area contributed by atoms with E-state index in [-0.39, 0.29) is 11.9 Å². The molecule has 2 aliphatic rings. The smallest absolute Gasteiger partial charge is 0.227 e. The number of ether oxygens (including phenoxy) is 1. The average molecular weight is 365 g/mol. The molecule has 0 radical (unpaired) electrons. The number of carbonyl (C=O) groups excluding carboxylic acids is 1. The van der Waals surface area contributed by atoms with E-state index in [1.54, 1.807) is 6.20 Å². The molecule has 0 saturated heterocycles. The summed E-state index contributed by atoms with van der Waals surface area (Å²) < 4.78 is 8.18. The zero-order valence-corrected chi connectivity index (χ0v) is 15.7. The predicted molar refractivity (Wildman–Crippen MR) is 104 cm³/mol. The molecule has 27 heavy (non-hydrogen) atoms. The van der Waals surface area contributed by atoms with E-state index in [2.05, 4.69) is 34.0 Å². The molecule has 2 aromatic heterocycles. The van der Waals surface area contributed by atoms with Crippen molar-refractivity contribution < 1.29 is 9.53 Å². The quantitative estimate of drug-likeness (QED) is 0.730. The standard InChI is InChI=1S/C22H27N3O2/c26-22(13-18-7-2-1-3-8-18)24-14-20-10-6-12-25(20)21(15-24)17-27-16-19-9-4-5-11-23-19/h4-7,9-12,21H,1-3,8,13-17H2/t21-/m1/s1. The van der Waals surface area contributed by atoms with E-state index < -0.39 is 0 Å². The van der Waals surface area contributed by atoms with Crippen LogP contribution >= 0.6 is 0 Å². The molecule has 5 heteroatoms. The summed E-state index contributed by atoms with van der Waals surface area (Å²) in [4.78, 5) is 19.2. The Morgan fingerprint density at radius 1 is 1.22 bits per heavy atom. The van der Waals surface area contributed by atoms with E-state index in [0.717, 1.165) is 18.5 Å². The number of allylic oxidation sites excluding steroid dienone is 1. The first kappa shape index (κ1) is 18.0. The lowest BCUT2D eigenvalue weighted by atomic mass is 9.96. The van der Waals surface area contributed by atoms with Crippen LogP contribution in [0.25, 0.3) is 0 Å². The number of hydrogen-bond donors (Lipinski definition) is 0. The summed E-state index contributed by atoms with van der Waals surface area (Å²) in [5.74, 6) is 0.241. The number of rotatable bonds is 6. The average Bonchev–Trinajstić information content (AvgIpc) is 3.18. The summed E-state index contributed by atoms with van der Waals surface area (Å²) in [6, 6.07) is 10.1. The van der Waals surface area contributed by atoms with Gasteiger partial charge in [0.25, 0.3) is 0 Å². The van der Waals surface area contributed by atoms with Crippen LogP contribution in [0.15, 0.2) is 54.4 Å². The van der Waals surface area contributed by atoms with E-state index in [1.165, 1.54) is 24.1 Å². The maximum atomic E-state index is 12.9. The summed E-state index contributed by atoms with van der Waals surface area (Å²) in [6.45, 7) is 2.46. The summed E-state index contributed by atoms with van der Waals surface area (Å²) in [5.41, 5.74) is 3.42. The van der Waals surface area contributed by atoms with Crippen LogP contribution in [0.5, 0.6) is 0 Å². The first-order valence-corrected chi connectivity index (χ1v) is 9.88. The summed E-state index contributed by atoms with van der Waals surface area (Å²) >= 11 is 0. The van der Waals surface area contributed by atoms with E-state index in [0.29, 0.717) is 32.7 Å². The van der Waals surface area contributed by atoms with Crippen LogP contribution in [0.4, 0.5) is 0 Å². The minimum absolute atomic E-state index is 0.150. The first-order chi connectivity index (χ1) is 13.3. The Bertz CT molecular complexity index is 797. The van der Waals surface area contributed by atoms with Crippen LogP contribution in [-0.2, 0) is 22.7 Å². The van der Waals surface area contributed by atoms with E-state index in [9.17, 15) is 4.79 Å². The van der Waals surface area contributed by atoms with Crippen molar-refractivity contribution in [3.05, 3.63) is 65.8 Å². The largest absolute Gasteiger partial charge is 0.373 e. The molecule has 3 heterocycles. The van der Waals surface area contributed by atoms with Crippen LogP contribution in [0.3, 0.4) is 0 Å². The normalized spacial score (nSPS) is 19.5. The maximum absolute atomic E-state index is 12.9. The molecule has 0 saturated carbocycles. The van der Waals surface area contributed by atoms with Gasteiger partial charge >= 0.3 is 0 Å². The van der Waals surface area contributed by atoms with Crippen LogP contribution in [0.1, 0.15) is 49.5 Å². The van der Waals surface area contributed by atoms with Gasteiger partial charge in [-0.3, -0.25) is 9.78 Å². The van der Waals surface area contributed by atoms with E-state index in [1.807, 2.05) is 23.1 Å². The van der Waals surface area contributed by atoms with Crippen LogP contribution in [0, 0.1) is 0 Å². The molecule has 0 spiro atoms. The molecule has 0 N–H and O–H groups in total. The highest BCUT2D eigenvalue weighted by Crippen LogP contribution is 2.26. The molecule has 1 aliphatic carbocycles. The second kappa shape index (κ2) is 8.53. The van der Waals surface area contributed by atoms with Gasteiger partial charge in [0, 0.05) is 31.1 Å². The lowest BCUT2D eigenvalue weighted by molar-refractivity contribution is -0.133. The Kier molecular flexibility index (Phi) is 5.68. The highest BCUT2D eigenvalue weighted by atomic mass is 16.5. The summed E-state index contributed by atoms with van der Waals surface area (Å²) in [6.07, 6.45) is 11.4. The number of fused-ring (bicyclic) bond motifs is 1. The lowest BCUT2D eigenvalue weighted by Crippen LogP contribution is -2.42. The first-order valence-electron chi connectivity index (χ1n) is 9.88. The van der Waals surface area contributed by atoms with Crippen LogP contribution < -0.4 is 0 Å². The van der Waals surface area contributed by atoms with Gasteiger partial charge in [-0.2, -0.15) is 0 Å². The van der Waals surface area contributed by atoms with Crippen molar-refractivity contribution in [3.63, 3.8) is 0 Å². The van der Waals surface area contributed by atoms with Gasteiger partial charge in [0.2, 0.25) is 5.91 Å². The fourth-order valence-electron chi connectivity index (χ4n) is 4.00. The van der Waals surface area contributed by atoms with Crippen molar-refractivity contribution in [3.8, 4) is 0 Å². The predicted octanol–water partition coefficient (Wildman–Crippen LogP) is 3.87. The number of nitrogens with zero attached hydrogens (tertiary/aromatic N) is 3. The minimum atomic E-state index is 0.150. The molecule has 0 aromatic carbocycles. The van der Waals surface area contributed by atoms with Crippen molar-refractivity contribution in [2.24, 2.45) is 0 Å². The van der Waals surface area contributed by atoms with Crippen molar-refractivity contribution in [1.82, 2.24) is 14.5 Å². The Labute approximate surface area is 160 Å². The fourth-order valence-corrected chi connectivity index (χ4v) is 4.00. The molecule has 4 rings (SSSR count). The molecule has 0 bridgehead atoms. The topological polar surface area (TPSA) is 47.4 Å². The number of amides is 1. The highest BCUT2D eigenvalue weighted by Gasteiger charge is 2.28. The Balaban J connectivity index is 1.38. The van der Waals surface area contributed by atoms with E-state index >= 15 is 0 Å². The number of aromatic nitrogens is 2. The van der Waals surface area contributed by atoms with Crippen LogP contribution in [0.2, 0.25) is 0 Å². The zero-order chi connectivity index (χ0) is 18.5.